The number of piperidine rings is 1. The number of thiazole rings is 1. The standard InChI is InChI=1S/C20H34N4O2S/c1-3-18-14-23-19(27-18)7-10-22-20(21-4-2)24-11-8-16(9-12-24)26-15-17-6-5-13-25-17/h14,16-17H,3-13,15H2,1-2H3,(H,21,22). The van der Waals surface area contributed by atoms with Crippen LogP contribution in [0.3, 0.4) is 0 Å². The molecule has 152 valence electrons. The summed E-state index contributed by atoms with van der Waals surface area (Å²) in [7, 11) is 0. The van der Waals surface area contributed by atoms with Gasteiger partial charge in [-0.05, 0) is 39.0 Å². The molecule has 0 amide bonds. The van der Waals surface area contributed by atoms with Crippen molar-refractivity contribution in [2.75, 3.05) is 39.4 Å². The number of aryl methyl sites for hydroxylation is 1. The zero-order valence-corrected chi connectivity index (χ0v) is 17.6. The van der Waals surface area contributed by atoms with E-state index in [1.165, 1.54) is 16.3 Å². The molecule has 1 atom stereocenters. The molecule has 1 aromatic heterocycles. The summed E-state index contributed by atoms with van der Waals surface area (Å²) in [6.45, 7) is 9.63. The van der Waals surface area contributed by atoms with E-state index in [9.17, 15) is 0 Å². The summed E-state index contributed by atoms with van der Waals surface area (Å²) in [6.07, 6.45) is 9.10. The average molecular weight is 395 g/mol. The number of hydrogen-bond donors (Lipinski definition) is 1. The van der Waals surface area contributed by atoms with Crippen molar-refractivity contribution in [1.82, 2.24) is 15.2 Å². The summed E-state index contributed by atoms with van der Waals surface area (Å²) in [6, 6.07) is 0. The second-order valence-corrected chi connectivity index (χ2v) is 8.41. The second-order valence-electron chi connectivity index (χ2n) is 7.21. The van der Waals surface area contributed by atoms with Gasteiger partial charge in [-0.25, -0.2) is 4.98 Å². The Kier molecular flexibility index (Phi) is 8.35. The number of guanidine groups is 1. The zero-order chi connectivity index (χ0) is 18.9. The third kappa shape index (κ3) is 6.43. The molecule has 2 aliphatic rings. The van der Waals surface area contributed by atoms with Gasteiger partial charge >= 0.3 is 0 Å². The molecule has 0 saturated carbocycles. The summed E-state index contributed by atoms with van der Waals surface area (Å²) >= 11 is 1.81. The van der Waals surface area contributed by atoms with Crippen LogP contribution in [0.25, 0.3) is 0 Å². The first-order valence-electron chi connectivity index (χ1n) is 10.5. The van der Waals surface area contributed by atoms with Crippen LogP contribution in [-0.4, -0.2) is 67.4 Å². The van der Waals surface area contributed by atoms with Gasteiger partial charge in [-0.15, -0.1) is 11.3 Å². The maximum Gasteiger partial charge on any atom is 0.193 e. The van der Waals surface area contributed by atoms with Crippen molar-refractivity contribution >= 4 is 17.3 Å². The van der Waals surface area contributed by atoms with Crippen LogP contribution < -0.4 is 5.32 Å². The molecule has 0 spiro atoms. The van der Waals surface area contributed by atoms with Crippen LogP contribution in [0.5, 0.6) is 0 Å². The fourth-order valence-corrected chi connectivity index (χ4v) is 4.41. The van der Waals surface area contributed by atoms with Gasteiger partial charge in [0.15, 0.2) is 5.96 Å². The van der Waals surface area contributed by atoms with Crippen molar-refractivity contribution < 1.29 is 9.47 Å². The van der Waals surface area contributed by atoms with Crippen LogP contribution in [0.1, 0.15) is 49.4 Å². The predicted octanol–water partition coefficient (Wildman–Crippen LogP) is 2.87. The number of hydrogen-bond acceptors (Lipinski definition) is 5. The highest BCUT2D eigenvalue weighted by Crippen LogP contribution is 2.18. The fraction of sp³-hybridized carbons (Fsp3) is 0.800. The lowest BCUT2D eigenvalue weighted by molar-refractivity contribution is -0.0367. The molecule has 0 aliphatic carbocycles. The molecule has 3 rings (SSSR count). The maximum atomic E-state index is 6.09. The van der Waals surface area contributed by atoms with Crippen molar-refractivity contribution in [1.29, 1.82) is 0 Å². The predicted molar refractivity (Wildman–Crippen MR) is 111 cm³/mol. The van der Waals surface area contributed by atoms with E-state index in [0.717, 1.165) is 77.5 Å². The lowest BCUT2D eigenvalue weighted by Crippen LogP contribution is -2.47. The molecule has 2 saturated heterocycles. The number of aromatic nitrogens is 1. The molecule has 7 heteroatoms. The Labute approximate surface area is 167 Å². The molecule has 0 aromatic carbocycles. The van der Waals surface area contributed by atoms with Gasteiger partial charge in [-0.3, -0.25) is 4.99 Å². The van der Waals surface area contributed by atoms with Crippen LogP contribution in [0.4, 0.5) is 0 Å². The van der Waals surface area contributed by atoms with Crippen molar-refractivity contribution in [3.8, 4) is 0 Å². The van der Waals surface area contributed by atoms with Crippen molar-refractivity contribution in [2.45, 2.75) is 64.6 Å². The lowest BCUT2D eigenvalue weighted by Gasteiger charge is -2.34. The van der Waals surface area contributed by atoms with Gasteiger partial charge < -0.3 is 19.7 Å². The van der Waals surface area contributed by atoms with Crippen LogP contribution in [-0.2, 0) is 22.3 Å². The van der Waals surface area contributed by atoms with E-state index in [-0.39, 0.29) is 0 Å². The molecule has 0 radical (unpaired) electrons. The quantitative estimate of drug-likeness (QED) is 0.543. The molecule has 1 aromatic rings. The Morgan fingerprint density at radius 3 is 2.89 bits per heavy atom. The summed E-state index contributed by atoms with van der Waals surface area (Å²) in [5.41, 5.74) is 0. The van der Waals surface area contributed by atoms with Gasteiger partial charge in [0.1, 0.15) is 0 Å². The summed E-state index contributed by atoms with van der Waals surface area (Å²) in [5, 5.41) is 4.63. The number of rotatable bonds is 8. The number of aliphatic imine (C=N–C) groups is 1. The minimum atomic E-state index is 0.320. The van der Waals surface area contributed by atoms with Gasteiger partial charge in [0.2, 0.25) is 0 Å². The highest BCUT2D eigenvalue weighted by Gasteiger charge is 2.24. The van der Waals surface area contributed by atoms with Crippen LogP contribution >= 0.6 is 11.3 Å². The van der Waals surface area contributed by atoms with E-state index < -0.39 is 0 Å². The first-order chi connectivity index (χ1) is 13.3. The Morgan fingerprint density at radius 1 is 1.37 bits per heavy atom. The van der Waals surface area contributed by atoms with Crippen molar-refractivity contribution in [3.05, 3.63) is 16.1 Å². The molecule has 0 bridgehead atoms. The van der Waals surface area contributed by atoms with Gasteiger partial charge in [0.25, 0.3) is 0 Å². The third-order valence-corrected chi connectivity index (χ3v) is 6.36. The molecule has 6 nitrogen and oxygen atoms in total. The van der Waals surface area contributed by atoms with E-state index in [0.29, 0.717) is 12.2 Å². The Morgan fingerprint density at radius 2 is 2.22 bits per heavy atom. The molecule has 1 unspecified atom stereocenters. The SMILES string of the molecule is CCNC(=NCCc1ncc(CC)s1)N1CCC(OCC2CCCO2)CC1. The molecule has 27 heavy (non-hydrogen) atoms. The first kappa shape index (κ1) is 20.6. The number of nitrogens with one attached hydrogen (secondary N) is 1. The van der Waals surface area contributed by atoms with Gasteiger partial charge in [-0.2, -0.15) is 0 Å². The second kappa shape index (κ2) is 11.0. The Bertz CT molecular complexity index is 578. The van der Waals surface area contributed by atoms with Crippen molar-refractivity contribution in [2.24, 2.45) is 4.99 Å². The van der Waals surface area contributed by atoms with E-state index in [1.54, 1.807) is 0 Å². The zero-order valence-electron chi connectivity index (χ0n) is 16.8. The lowest BCUT2D eigenvalue weighted by atomic mass is 10.1. The van der Waals surface area contributed by atoms with Crippen LogP contribution in [0.15, 0.2) is 11.2 Å². The van der Waals surface area contributed by atoms with E-state index >= 15 is 0 Å². The summed E-state index contributed by atoms with van der Waals surface area (Å²) < 4.78 is 11.7. The molecule has 1 N–H and O–H groups in total. The molecular weight excluding hydrogens is 360 g/mol. The molecular formula is C20H34N4O2S. The largest absolute Gasteiger partial charge is 0.376 e. The van der Waals surface area contributed by atoms with E-state index in [2.05, 4.69) is 29.0 Å². The molecule has 3 heterocycles. The summed E-state index contributed by atoms with van der Waals surface area (Å²) in [5.74, 6) is 1.03. The number of nitrogens with zero attached hydrogens (tertiary/aromatic N) is 3. The minimum Gasteiger partial charge on any atom is -0.376 e. The normalized spacial score (nSPS) is 21.8. The summed E-state index contributed by atoms with van der Waals surface area (Å²) in [4.78, 5) is 13.1. The van der Waals surface area contributed by atoms with Gasteiger partial charge in [-0.1, -0.05) is 6.92 Å². The number of ether oxygens (including phenoxy) is 2. The smallest absolute Gasteiger partial charge is 0.193 e. The van der Waals surface area contributed by atoms with Gasteiger partial charge in [0.05, 0.1) is 23.8 Å². The topological polar surface area (TPSA) is 59.0 Å². The van der Waals surface area contributed by atoms with E-state index in [1.807, 2.05) is 17.5 Å². The third-order valence-electron chi connectivity index (χ3n) is 5.16. The van der Waals surface area contributed by atoms with Crippen LogP contribution in [0.2, 0.25) is 0 Å². The monoisotopic (exact) mass is 394 g/mol. The Balaban J connectivity index is 1.42. The first-order valence-corrected chi connectivity index (χ1v) is 11.3. The maximum absolute atomic E-state index is 6.09. The highest BCUT2D eigenvalue weighted by molar-refractivity contribution is 7.11. The number of likely N-dealkylation sites (tertiary alicyclic amines) is 1. The average Bonchev–Trinajstić information content (AvgIpc) is 3.38. The Hall–Kier alpha value is -1.18. The highest BCUT2D eigenvalue weighted by atomic mass is 32.1. The molecule has 2 aliphatic heterocycles. The molecule has 2 fully saturated rings. The van der Waals surface area contributed by atoms with Crippen molar-refractivity contribution in [3.63, 3.8) is 0 Å². The van der Waals surface area contributed by atoms with Crippen LogP contribution in [0, 0.1) is 0 Å². The minimum absolute atomic E-state index is 0.320. The van der Waals surface area contributed by atoms with Gasteiger partial charge in [0, 0.05) is 50.3 Å². The fourth-order valence-electron chi connectivity index (χ4n) is 3.56. The van der Waals surface area contributed by atoms with E-state index in [4.69, 9.17) is 14.5 Å².